The van der Waals surface area contributed by atoms with Gasteiger partial charge in [0.1, 0.15) is 11.3 Å². The highest BCUT2D eigenvalue weighted by Gasteiger charge is 2.21. The van der Waals surface area contributed by atoms with E-state index >= 15 is 0 Å². The van der Waals surface area contributed by atoms with Crippen molar-refractivity contribution in [2.75, 3.05) is 26.2 Å². The first kappa shape index (κ1) is 12.5. The van der Waals surface area contributed by atoms with Crippen molar-refractivity contribution in [2.45, 2.75) is 13.0 Å². The van der Waals surface area contributed by atoms with Gasteiger partial charge in [-0.15, -0.1) is 0 Å². The Morgan fingerprint density at radius 1 is 1.26 bits per heavy atom. The Balaban J connectivity index is 1.94. The molecule has 4 nitrogen and oxygen atoms in total. The molecule has 1 fully saturated rings. The molecule has 0 amide bonds. The van der Waals surface area contributed by atoms with Crippen LogP contribution in [0.3, 0.4) is 0 Å². The van der Waals surface area contributed by atoms with E-state index in [0.717, 1.165) is 32.2 Å². The third kappa shape index (κ3) is 2.21. The van der Waals surface area contributed by atoms with Gasteiger partial charge < -0.3 is 10.3 Å². The molecule has 2 N–H and O–H groups in total. The van der Waals surface area contributed by atoms with Crippen LogP contribution < -0.4 is 5.32 Å². The van der Waals surface area contributed by atoms with Gasteiger partial charge in [0, 0.05) is 26.2 Å². The number of hydrogen-bond acceptors (Lipinski definition) is 3. The van der Waals surface area contributed by atoms with E-state index < -0.39 is 11.6 Å². The topological polar surface area (TPSA) is 44.0 Å². The molecule has 1 aromatic heterocycles. The fraction of sp³-hybridized carbons (Fsp3) is 0.462. The Morgan fingerprint density at radius 2 is 2.00 bits per heavy atom. The van der Waals surface area contributed by atoms with Crippen LogP contribution in [0.15, 0.2) is 12.1 Å². The van der Waals surface area contributed by atoms with E-state index in [1.165, 1.54) is 6.07 Å². The Hall–Kier alpha value is -1.53. The number of H-pyrrole nitrogens is 1. The molecule has 3 rings (SSSR count). The van der Waals surface area contributed by atoms with Crippen molar-refractivity contribution in [3.63, 3.8) is 0 Å². The highest BCUT2D eigenvalue weighted by atomic mass is 19.2. The molecule has 6 heteroatoms. The molecule has 102 valence electrons. The molecule has 1 aliphatic heterocycles. The predicted molar refractivity (Wildman–Crippen MR) is 68.9 cm³/mol. The van der Waals surface area contributed by atoms with E-state index in [0.29, 0.717) is 11.3 Å². The maximum absolute atomic E-state index is 13.6. The minimum atomic E-state index is -0.882. The summed E-state index contributed by atoms with van der Waals surface area (Å²) in [5.41, 5.74) is 0.618. The molecule has 2 aromatic rings. The Kier molecular flexibility index (Phi) is 3.20. The van der Waals surface area contributed by atoms with Gasteiger partial charge in [0.15, 0.2) is 11.6 Å². The van der Waals surface area contributed by atoms with Crippen molar-refractivity contribution in [3.05, 3.63) is 29.6 Å². The molecular weight excluding hydrogens is 250 g/mol. The number of imidazole rings is 1. The maximum atomic E-state index is 13.6. The van der Waals surface area contributed by atoms with Crippen LogP contribution in [0.5, 0.6) is 0 Å². The summed E-state index contributed by atoms with van der Waals surface area (Å²) in [4.78, 5) is 9.56. The highest BCUT2D eigenvalue weighted by Crippen LogP contribution is 2.23. The fourth-order valence-corrected chi connectivity index (χ4v) is 2.48. The molecule has 19 heavy (non-hydrogen) atoms. The average molecular weight is 266 g/mol. The van der Waals surface area contributed by atoms with Gasteiger partial charge in [-0.1, -0.05) is 0 Å². The van der Waals surface area contributed by atoms with E-state index in [1.54, 1.807) is 0 Å². The monoisotopic (exact) mass is 266 g/mol. The Morgan fingerprint density at radius 3 is 2.74 bits per heavy atom. The van der Waals surface area contributed by atoms with Crippen LogP contribution in [0.4, 0.5) is 8.78 Å². The van der Waals surface area contributed by atoms with E-state index in [4.69, 9.17) is 0 Å². The molecule has 2 heterocycles. The summed E-state index contributed by atoms with van der Waals surface area (Å²) in [6.07, 6.45) is 0. The molecule has 0 saturated carbocycles. The van der Waals surface area contributed by atoms with Crippen molar-refractivity contribution in [3.8, 4) is 0 Å². The zero-order valence-corrected chi connectivity index (χ0v) is 10.7. The predicted octanol–water partition coefficient (Wildman–Crippen LogP) is 1.81. The summed E-state index contributed by atoms with van der Waals surface area (Å²) in [5.74, 6) is -1.06. The molecule has 1 aliphatic rings. The molecule has 1 unspecified atom stereocenters. The number of fused-ring (bicyclic) bond motifs is 1. The first-order valence-electron chi connectivity index (χ1n) is 6.45. The van der Waals surface area contributed by atoms with E-state index in [-0.39, 0.29) is 11.6 Å². The number of halogens is 2. The number of nitrogens with zero attached hydrogens (tertiary/aromatic N) is 2. The number of aromatic nitrogens is 2. The van der Waals surface area contributed by atoms with Crippen molar-refractivity contribution in [2.24, 2.45) is 0 Å². The second kappa shape index (κ2) is 4.86. The van der Waals surface area contributed by atoms with Gasteiger partial charge in [0.25, 0.3) is 0 Å². The van der Waals surface area contributed by atoms with E-state index in [9.17, 15) is 8.78 Å². The van der Waals surface area contributed by atoms with Crippen molar-refractivity contribution in [1.29, 1.82) is 0 Å². The lowest BCUT2D eigenvalue weighted by Gasteiger charge is -2.31. The van der Waals surface area contributed by atoms with Gasteiger partial charge in [-0.3, -0.25) is 4.90 Å². The number of hydrogen-bond donors (Lipinski definition) is 2. The fourth-order valence-electron chi connectivity index (χ4n) is 2.48. The number of benzene rings is 1. The number of nitrogens with one attached hydrogen (secondary N) is 2. The smallest absolute Gasteiger partial charge is 0.186 e. The normalized spacial score (nSPS) is 18.9. The molecule has 1 saturated heterocycles. The first-order valence-corrected chi connectivity index (χ1v) is 6.45. The third-order valence-corrected chi connectivity index (χ3v) is 3.66. The number of rotatable bonds is 2. The van der Waals surface area contributed by atoms with Crippen molar-refractivity contribution in [1.82, 2.24) is 20.2 Å². The molecule has 0 bridgehead atoms. The Bertz CT molecular complexity index is 590. The summed E-state index contributed by atoms with van der Waals surface area (Å²) in [6, 6.07) is 2.71. The molecule has 1 aromatic carbocycles. The maximum Gasteiger partial charge on any atom is 0.186 e. The lowest BCUT2D eigenvalue weighted by atomic mass is 10.2. The van der Waals surface area contributed by atoms with E-state index in [2.05, 4.69) is 20.2 Å². The van der Waals surface area contributed by atoms with E-state index in [1.807, 2.05) is 6.92 Å². The van der Waals surface area contributed by atoms with Crippen molar-refractivity contribution < 1.29 is 8.78 Å². The molecule has 0 radical (unpaired) electrons. The Labute approximate surface area is 109 Å². The van der Waals surface area contributed by atoms with Gasteiger partial charge in [-0.05, 0) is 19.1 Å². The van der Waals surface area contributed by atoms with Crippen LogP contribution in [0.1, 0.15) is 18.8 Å². The first-order chi connectivity index (χ1) is 9.16. The summed E-state index contributed by atoms with van der Waals surface area (Å²) >= 11 is 0. The molecular formula is C13H16F2N4. The SMILES string of the molecule is CC(c1nc2c(F)c(F)ccc2[nH]1)N1CCNCC1. The van der Waals surface area contributed by atoms with Gasteiger partial charge in [-0.25, -0.2) is 13.8 Å². The standard InChI is InChI=1S/C13H16F2N4/c1-8(19-6-4-16-5-7-19)13-17-10-3-2-9(14)11(15)12(10)18-13/h2-3,8,16H,4-7H2,1H3,(H,17,18). The molecule has 1 atom stereocenters. The molecule has 0 aliphatic carbocycles. The summed E-state index contributed by atoms with van der Waals surface area (Å²) in [6.45, 7) is 5.75. The van der Waals surface area contributed by atoms with Crippen LogP contribution in [0, 0.1) is 11.6 Å². The third-order valence-electron chi connectivity index (χ3n) is 3.66. The lowest BCUT2D eigenvalue weighted by Crippen LogP contribution is -2.44. The quantitative estimate of drug-likeness (QED) is 0.871. The van der Waals surface area contributed by atoms with Crippen LogP contribution in [-0.4, -0.2) is 41.0 Å². The number of piperazine rings is 1. The lowest BCUT2D eigenvalue weighted by molar-refractivity contribution is 0.180. The van der Waals surface area contributed by atoms with Crippen LogP contribution >= 0.6 is 0 Å². The van der Waals surface area contributed by atoms with Gasteiger partial charge in [0.05, 0.1) is 11.6 Å². The van der Waals surface area contributed by atoms with Crippen LogP contribution in [0.25, 0.3) is 11.0 Å². The second-order valence-electron chi connectivity index (χ2n) is 4.84. The largest absolute Gasteiger partial charge is 0.341 e. The van der Waals surface area contributed by atoms with Gasteiger partial charge in [-0.2, -0.15) is 0 Å². The highest BCUT2D eigenvalue weighted by molar-refractivity contribution is 5.75. The minimum absolute atomic E-state index is 0.0666. The van der Waals surface area contributed by atoms with Crippen LogP contribution in [-0.2, 0) is 0 Å². The summed E-state index contributed by atoms with van der Waals surface area (Å²) < 4.78 is 26.8. The summed E-state index contributed by atoms with van der Waals surface area (Å²) in [5, 5.41) is 3.28. The van der Waals surface area contributed by atoms with Crippen molar-refractivity contribution >= 4 is 11.0 Å². The average Bonchev–Trinajstić information content (AvgIpc) is 2.88. The van der Waals surface area contributed by atoms with Gasteiger partial charge in [0.2, 0.25) is 0 Å². The zero-order chi connectivity index (χ0) is 13.4. The number of aromatic amines is 1. The summed E-state index contributed by atoms with van der Waals surface area (Å²) in [7, 11) is 0. The van der Waals surface area contributed by atoms with Crippen LogP contribution in [0.2, 0.25) is 0 Å². The zero-order valence-electron chi connectivity index (χ0n) is 10.7. The minimum Gasteiger partial charge on any atom is -0.341 e. The second-order valence-corrected chi connectivity index (χ2v) is 4.84. The molecule has 0 spiro atoms. The van der Waals surface area contributed by atoms with Gasteiger partial charge >= 0.3 is 0 Å².